The van der Waals surface area contributed by atoms with Crippen LogP contribution >= 0.6 is 22.9 Å². The maximum Gasteiger partial charge on any atom is 0.175 e. The van der Waals surface area contributed by atoms with Crippen LogP contribution in [0.15, 0.2) is 84.0 Å². The number of aromatic amines is 1. The van der Waals surface area contributed by atoms with E-state index in [0.717, 1.165) is 38.2 Å². The first-order valence-electron chi connectivity index (χ1n) is 11.2. The number of imidazole rings is 1. The highest BCUT2D eigenvalue weighted by atomic mass is 35.5. The lowest BCUT2D eigenvalue weighted by atomic mass is 10.2. The molecule has 0 aliphatic heterocycles. The standard InChI is InChI=1S/C26H24ClN5O2S2/c1-31(17-26-28-12-13-29-26)16-19-15-23(32(30-19)22-9-4-3-8-21(22)27)25-11-10-24(35-25)18-6-5-7-20(14-18)36(2,33)34/h3-15H,16-17H2,1-2H3,(H,28,29). The summed E-state index contributed by atoms with van der Waals surface area (Å²) in [7, 11) is -1.27. The highest BCUT2D eigenvalue weighted by Gasteiger charge is 2.18. The fraction of sp³-hybridized carbons (Fsp3) is 0.154. The number of nitrogens with zero attached hydrogens (tertiary/aromatic N) is 4. The summed E-state index contributed by atoms with van der Waals surface area (Å²) in [5, 5.41) is 5.51. The van der Waals surface area contributed by atoms with Crippen LogP contribution < -0.4 is 0 Å². The predicted octanol–water partition coefficient (Wildman–Crippen LogP) is 5.68. The average Bonchev–Trinajstić information content (AvgIpc) is 3.60. The van der Waals surface area contributed by atoms with Gasteiger partial charge in [0.15, 0.2) is 9.84 Å². The van der Waals surface area contributed by atoms with Crippen molar-refractivity contribution in [1.82, 2.24) is 24.6 Å². The fourth-order valence-corrected chi connectivity index (χ4v) is 5.86. The van der Waals surface area contributed by atoms with Gasteiger partial charge in [-0.2, -0.15) is 5.10 Å². The second-order valence-electron chi connectivity index (χ2n) is 8.56. The molecule has 5 rings (SSSR count). The number of nitrogens with one attached hydrogen (secondary N) is 1. The molecule has 1 N–H and O–H groups in total. The minimum absolute atomic E-state index is 0.304. The van der Waals surface area contributed by atoms with E-state index in [2.05, 4.69) is 20.9 Å². The number of para-hydroxylation sites is 1. The van der Waals surface area contributed by atoms with Gasteiger partial charge in [0.2, 0.25) is 0 Å². The van der Waals surface area contributed by atoms with Crippen LogP contribution in [0.5, 0.6) is 0 Å². The Morgan fingerprint density at radius 1 is 1.03 bits per heavy atom. The van der Waals surface area contributed by atoms with Crippen LogP contribution in [0.1, 0.15) is 11.5 Å². The van der Waals surface area contributed by atoms with E-state index in [1.54, 1.807) is 35.7 Å². The molecule has 0 amide bonds. The number of benzene rings is 2. The number of rotatable bonds is 8. The monoisotopic (exact) mass is 537 g/mol. The van der Waals surface area contributed by atoms with E-state index < -0.39 is 9.84 Å². The zero-order chi connectivity index (χ0) is 25.3. The summed E-state index contributed by atoms with van der Waals surface area (Å²) in [6.07, 6.45) is 4.78. The molecule has 0 aliphatic rings. The van der Waals surface area contributed by atoms with Crippen LogP contribution in [0.4, 0.5) is 0 Å². The highest BCUT2D eigenvalue weighted by molar-refractivity contribution is 7.90. The highest BCUT2D eigenvalue weighted by Crippen LogP contribution is 2.37. The zero-order valence-electron chi connectivity index (χ0n) is 19.7. The maximum atomic E-state index is 12.0. The number of hydrogen-bond donors (Lipinski definition) is 1. The van der Waals surface area contributed by atoms with E-state index in [1.165, 1.54) is 6.26 Å². The molecule has 184 valence electrons. The lowest BCUT2D eigenvalue weighted by molar-refractivity contribution is 0.307. The number of hydrogen-bond acceptors (Lipinski definition) is 6. The molecular formula is C26H24ClN5O2S2. The van der Waals surface area contributed by atoms with Crippen molar-refractivity contribution in [2.45, 2.75) is 18.0 Å². The fourth-order valence-electron chi connectivity index (χ4n) is 3.97. The Morgan fingerprint density at radius 3 is 2.58 bits per heavy atom. The Morgan fingerprint density at radius 2 is 1.83 bits per heavy atom. The first-order chi connectivity index (χ1) is 17.3. The molecule has 5 aromatic rings. The van der Waals surface area contributed by atoms with Gasteiger partial charge in [0.05, 0.1) is 38.4 Å². The molecule has 36 heavy (non-hydrogen) atoms. The minimum atomic E-state index is -3.29. The number of sulfone groups is 1. The van der Waals surface area contributed by atoms with Crippen molar-refractivity contribution < 1.29 is 8.42 Å². The van der Waals surface area contributed by atoms with Crippen molar-refractivity contribution in [3.8, 4) is 26.7 Å². The molecule has 3 heterocycles. The van der Waals surface area contributed by atoms with Crippen molar-refractivity contribution in [3.05, 3.63) is 95.7 Å². The Hall–Kier alpha value is -3.24. The normalized spacial score (nSPS) is 11.9. The number of thiophene rings is 1. The first kappa shape index (κ1) is 24.5. The smallest absolute Gasteiger partial charge is 0.175 e. The molecule has 0 aliphatic carbocycles. The summed E-state index contributed by atoms with van der Waals surface area (Å²) < 4.78 is 25.9. The maximum absolute atomic E-state index is 12.0. The third-order valence-electron chi connectivity index (χ3n) is 5.65. The number of H-pyrrole nitrogens is 1. The van der Waals surface area contributed by atoms with Gasteiger partial charge in [-0.15, -0.1) is 11.3 Å². The average molecular weight is 538 g/mol. The summed E-state index contributed by atoms with van der Waals surface area (Å²) in [5.74, 6) is 0.891. The van der Waals surface area contributed by atoms with Crippen molar-refractivity contribution in [2.24, 2.45) is 0 Å². The van der Waals surface area contributed by atoms with E-state index >= 15 is 0 Å². The van der Waals surface area contributed by atoms with E-state index in [9.17, 15) is 8.42 Å². The second kappa shape index (κ2) is 10.0. The molecule has 0 bridgehead atoms. The van der Waals surface area contributed by atoms with Crippen LogP contribution in [0.2, 0.25) is 5.02 Å². The van der Waals surface area contributed by atoms with Crippen LogP contribution in [0, 0.1) is 0 Å². The summed E-state index contributed by atoms with van der Waals surface area (Å²) in [4.78, 5) is 11.8. The van der Waals surface area contributed by atoms with Gasteiger partial charge < -0.3 is 4.98 Å². The topological polar surface area (TPSA) is 83.9 Å². The Labute approximate surface area is 218 Å². The molecule has 0 spiro atoms. The van der Waals surface area contributed by atoms with E-state index in [4.69, 9.17) is 16.7 Å². The minimum Gasteiger partial charge on any atom is -0.348 e. The molecule has 10 heteroatoms. The zero-order valence-corrected chi connectivity index (χ0v) is 22.1. The van der Waals surface area contributed by atoms with Gasteiger partial charge in [0.25, 0.3) is 0 Å². The number of aromatic nitrogens is 4. The molecule has 0 radical (unpaired) electrons. The molecule has 0 unspecified atom stereocenters. The van der Waals surface area contributed by atoms with Crippen molar-refractivity contribution >= 4 is 32.8 Å². The Kier molecular flexibility index (Phi) is 6.81. The van der Waals surface area contributed by atoms with Gasteiger partial charge in [0, 0.05) is 30.1 Å². The third kappa shape index (κ3) is 5.29. The SMILES string of the molecule is CN(Cc1cc(-c2ccc(-c3cccc(S(C)(=O)=O)c3)s2)n(-c2ccccc2Cl)n1)Cc1ncc[nH]1. The van der Waals surface area contributed by atoms with E-state index in [1.807, 2.05) is 60.4 Å². The lowest BCUT2D eigenvalue weighted by Crippen LogP contribution is -2.18. The Balaban J connectivity index is 1.52. The molecule has 7 nitrogen and oxygen atoms in total. The second-order valence-corrected chi connectivity index (χ2v) is 12.1. The molecule has 0 saturated heterocycles. The molecule has 2 aromatic carbocycles. The quantitative estimate of drug-likeness (QED) is 0.275. The summed E-state index contributed by atoms with van der Waals surface area (Å²) in [6, 6.07) is 20.8. The van der Waals surface area contributed by atoms with Gasteiger partial charge in [-0.3, -0.25) is 4.90 Å². The first-order valence-corrected chi connectivity index (χ1v) is 14.3. The summed E-state index contributed by atoms with van der Waals surface area (Å²) in [5.41, 5.74) is 3.47. The van der Waals surface area contributed by atoms with Crippen LogP contribution in [-0.2, 0) is 22.9 Å². The number of halogens is 1. The van der Waals surface area contributed by atoms with E-state index in [-0.39, 0.29) is 0 Å². The predicted molar refractivity (Wildman–Crippen MR) is 144 cm³/mol. The van der Waals surface area contributed by atoms with Crippen molar-refractivity contribution in [3.63, 3.8) is 0 Å². The van der Waals surface area contributed by atoms with Gasteiger partial charge in [-0.1, -0.05) is 35.9 Å². The molecule has 0 atom stereocenters. The lowest BCUT2D eigenvalue weighted by Gasteiger charge is -2.13. The van der Waals surface area contributed by atoms with Crippen LogP contribution in [0.25, 0.3) is 26.7 Å². The third-order valence-corrected chi connectivity index (χ3v) is 8.24. The molecular weight excluding hydrogens is 514 g/mol. The van der Waals surface area contributed by atoms with E-state index in [0.29, 0.717) is 23.0 Å². The molecule has 3 aromatic heterocycles. The molecule has 0 fully saturated rings. The van der Waals surface area contributed by atoms with Crippen LogP contribution in [-0.4, -0.2) is 46.4 Å². The van der Waals surface area contributed by atoms with Gasteiger partial charge in [0.1, 0.15) is 5.82 Å². The summed E-state index contributed by atoms with van der Waals surface area (Å²) >= 11 is 8.13. The summed E-state index contributed by atoms with van der Waals surface area (Å²) in [6.45, 7) is 1.29. The molecule has 0 saturated carbocycles. The Bertz CT molecular complexity index is 1610. The van der Waals surface area contributed by atoms with Gasteiger partial charge in [-0.25, -0.2) is 18.1 Å². The van der Waals surface area contributed by atoms with Crippen molar-refractivity contribution in [2.75, 3.05) is 13.3 Å². The largest absolute Gasteiger partial charge is 0.348 e. The van der Waals surface area contributed by atoms with Gasteiger partial charge in [-0.05, 0) is 55.1 Å². The van der Waals surface area contributed by atoms with Crippen molar-refractivity contribution in [1.29, 1.82) is 0 Å². The van der Waals surface area contributed by atoms with Gasteiger partial charge >= 0.3 is 0 Å². The van der Waals surface area contributed by atoms with Crippen LogP contribution in [0.3, 0.4) is 0 Å².